The van der Waals surface area contributed by atoms with Gasteiger partial charge in [-0.2, -0.15) is 0 Å². The smallest absolute Gasteiger partial charge is 0.238 e. The van der Waals surface area contributed by atoms with E-state index in [1.165, 1.54) is 0 Å². The molecule has 0 radical (unpaired) electrons. The van der Waals surface area contributed by atoms with Crippen LogP contribution in [-0.4, -0.2) is 49.1 Å². The third-order valence-corrected chi connectivity index (χ3v) is 5.06. The Kier molecular flexibility index (Phi) is 6.00. The number of hydrogen-bond donors (Lipinski definition) is 2. The van der Waals surface area contributed by atoms with E-state index < -0.39 is 0 Å². The predicted molar refractivity (Wildman–Crippen MR) is 106 cm³/mol. The number of carbonyl (C=O) groups excluding carboxylic acids is 2. The fourth-order valence-corrected chi connectivity index (χ4v) is 3.64. The number of amides is 2. The molecule has 3 heterocycles. The Labute approximate surface area is 169 Å². The van der Waals surface area contributed by atoms with Crippen LogP contribution in [0.4, 0.5) is 5.69 Å². The molecule has 1 saturated heterocycles. The second-order valence-electron chi connectivity index (χ2n) is 7.19. The fraction of sp³-hybridized carbons (Fsp3) is 0.429. The zero-order valence-corrected chi connectivity index (χ0v) is 16.2. The van der Waals surface area contributed by atoms with E-state index >= 15 is 0 Å². The van der Waals surface area contributed by atoms with Crippen LogP contribution < -0.4 is 20.1 Å². The quantitative estimate of drug-likeness (QED) is 0.773. The summed E-state index contributed by atoms with van der Waals surface area (Å²) in [5.41, 5.74) is 0.650. The van der Waals surface area contributed by atoms with Crippen molar-refractivity contribution < 1.29 is 23.5 Å². The number of nitrogens with one attached hydrogen (secondary N) is 2. The van der Waals surface area contributed by atoms with Gasteiger partial charge in [-0.1, -0.05) is 0 Å². The molecule has 0 bridgehead atoms. The lowest BCUT2D eigenvalue weighted by molar-refractivity contribution is -0.126. The van der Waals surface area contributed by atoms with Crippen LogP contribution in [0.15, 0.2) is 41.0 Å². The van der Waals surface area contributed by atoms with Crippen molar-refractivity contribution in [3.8, 4) is 11.5 Å². The Balaban J connectivity index is 1.31. The molecule has 0 aliphatic carbocycles. The Morgan fingerprint density at radius 3 is 2.79 bits per heavy atom. The average molecular weight is 399 g/mol. The van der Waals surface area contributed by atoms with Crippen LogP contribution in [0.5, 0.6) is 11.5 Å². The minimum Gasteiger partial charge on any atom is -0.490 e. The number of furan rings is 1. The van der Waals surface area contributed by atoms with Crippen molar-refractivity contribution in [2.75, 3.05) is 31.6 Å². The molecule has 0 spiro atoms. The maximum absolute atomic E-state index is 12.5. The SMILES string of the molecule is O=C(CN1CCCC1C(=O)NCc1ccco1)Nc1ccc2c(c1)OCCCO2. The Bertz CT molecular complexity index is 852. The highest BCUT2D eigenvalue weighted by molar-refractivity contribution is 5.93. The van der Waals surface area contributed by atoms with Crippen LogP contribution in [0, 0.1) is 0 Å². The molecule has 2 aromatic rings. The summed E-state index contributed by atoms with van der Waals surface area (Å²) in [7, 11) is 0. The van der Waals surface area contributed by atoms with Crippen molar-refractivity contribution in [2.24, 2.45) is 0 Å². The molecule has 1 fully saturated rings. The number of fused-ring (bicyclic) bond motifs is 1. The summed E-state index contributed by atoms with van der Waals surface area (Å²) < 4.78 is 16.5. The van der Waals surface area contributed by atoms with Gasteiger partial charge in [0.25, 0.3) is 0 Å². The highest BCUT2D eigenvalue weighted by Crippen LogP contribution is 2.32. The zero-order valence-electron chi connectivity index (χ0n) is 16.2. The van der Waals surface area contributed by atoms with Crippen molar-refractivity contribution in [3.63, 3.8) is 0 Å². The van der Waals surface area contributed by atoms with Gasteiger partial charge in [-0.15, -0.1) is 0 Å². The molecule has 2 aliphatic rings. The van der Waals surface area contributed by atoms with E-state index in [9.17, 15) is 9.59 Å². The van der Waals surface area contributed by atoms with Gasteiger partial charge in [0.1, 0.15) is 5.76 Å². The molecule has 8 heteroatoms. The van der Waals surface area contributed by atoms with Crippen LogP contribution in [0.1, 0.15) is 25.0 Å². The summed E-state index contributed by atoms with van der Waals surface area (Å²) in [4.78, 5) is 27.0. The van der Waals surface area contributed by atoms with Gasteiger partial charge >= 0.3 is 0 Å². The molecule has 8 nitrogen and oxygen atoms in total. The molecule has 1 atom stereocenters. The van der Waals surface area contributed by atoms with Gasteiger partial charge in [-0.05, 0) is 43.7 Å². The third-order valence-electron chi connectivity index (χ3n) is 5.06. The first-order chi connectivity index (χ1) is 14.2. The molecule has 1 aromatic heterocycles. The van der Waals surface area contributed by atoms with Crippen molar-refractivity contribution in [1.82, 2.24) is 10.2 Å². The van der Waals surface area contributed by atoms with E-state index in [1.54, 1.807) is 30.5 Å². The molecule has 2 N–H and O–H groups in total. The number of rotatable bonds is 6. The lowest BCUT2D eigenvalue weighted by Gasteiger charge is -2.23. The molecule has 4 rings (SSSR count). The van der Waals surface area contributed by atoms with Crippen LogP contribution >= 0.6 is 0 Å². The minimum atomic E-state index is -0.306. The van der Waals surface area contributed by atoms with Gasteiger partial charge in [-0.25, -0.2) is 0 Å². The molecule has 0 saturated carbocycles. The van der Waals surface area contributed by atoms with Gasteiger partial charge in [-0.3, -0.25) is 14.5 Å². The monoisotopic (exact) mass is 399 g/mol. The molecule has 154 valence electrons. The van der Waals surface area contributed by atoms with E-state index in [0.717, 1.165) is 19.3 Å². The molecule has 2 amide bonds. The standard InChI is InChI=1S/C21H25N3O5/c25-20(23-15-6-7-18-19(12-15)29-11-3-10-28-18)14-24-8-1-5-17(24)21(26)22-13-16-4-2-9-27-16/h2,4,6-7,9,12,17H,1,3,5,8,10-11,13-14H2,(H,22,26)(H,23,25). The van der Waals surface area contributed by atoms with Gasteiger partial charge in [0.05, 0.1) is 38.6 Å². The molecule has 1 aromatic carbocycles. The summed E-state index contributed by atoms with van der Waals surface area (Å²) in [6.07, 6.45) is 4.03. The topological polar surface area (TPSA) is 93.0 Å². The predicted octanol–water partition coefficient (Wildman–Crippen LogP) is 2.16. The molecule has 29 heavy (non-hydrogen) atoms. The largest absolute Gasteiger partial charge is 0.490 e. The number of likely N-dealkylation sites (tertiary alicyclic amines) is 1. The van der Waals surface area contributed by atoms with Gasteiger partial charge in [0.2, 0.25) is 11.8 Å². The summed E-state index contributed by atoms with van der Waals surface area (Å²) in [5.74, 6) is 1.78. The summed E-state index contributed by atoms with van der Waals surface area (Å²) in [5, 5.41) is 5.77. The lowest BCUT2D eigenvalue weighted by atomic mass is 10.2. The summed E-state index contributed by atoms with van der Waals surface area (Å²) in [6, 6.07) is 8.67. The molecule has 2 aliphatic heterocycles. The minimum absolute atomic E-state index is 0.0812. The van der Waals surface area contributed by atoms with Crippen LogP contribution in [0.3, 0.4) is 0 Å². The summed E-state index contributed by atoms with van der Waals surface area (Å²) >= 11 is 0. The van der Waals surface area contributed by atoms with E-state index in [4.69, 9.17) is 13.9 Å². The first-order valence-corrected chi connectivity index (χ1v) is 9.93. The zero-order chi connectivity index (χ0) is 20.1. The Morgan fingerprint density at radius 2 is 1.97 bits per heavy atom. The second-order valence-corrected chi connectivity index (χ2v) is 7.19. The van der Waals surface area contributed by atoms with Gasteiger partial charge in [0, 0.05) is 18.2 Å². The first kappa shape index (κ1) is 19.3. The molecular weight excluding hydrogens is 374 g/mol. The maximum atomic E-state index is 12.5. The molecule has 1 unspecified atom stereocenters. The third kappa shape index (κ3) is 4.89. The van der Waals surface area contributed by atoms with Crippen molar-refractivity contribution in [2.45, 2.75) is 31.8 Å². The van der Waals surface area contributed by atoms with E-state index in [2.05, 4.69) is 10.6 Å². The summed E-state index contributed by atoms with van der Waals surface area (Å²) in [6.45, 7) is 2.43. The number of hydrogen-bond acceptors (Lipinski definition) is 6. The fourth-order valence-electron chi connectivity index (χ4n) is 3.64. The number of ether oxygens (including phenoxy) is 2. The highest BCUT2D eigenvalue weighted by Gasteiger charge is 2.31. The number of anilines is 1. The Morgan fingerprint density at radius 1 is 1.10 bits per heavy atom. The van der Waals surface area contributed by atoms with Crippen LogP contribution in [0.25, 0.3) is 0 Å². The number of benzene rings is 1. The van der Waals surface area contributed by atoms with E-state index in [-0.39, 0.29) is 24.4 Å². The number of nitrogens with zero attached hydrogens (tertiary/aromatic N) is 1. The van der Waals surface area contributed by atoms with Gasteiger partial charge in [0.15, 0.2) is 11.5 Å². The van der Waals surface area contributed by atoms with E-state index in [0.29, 0.717) is 49.2 Å². The van der Waals surface area contributed by atoms with Crippen LogP contribution in [0.2, 0.25) is 0 Å². The average Bonchev–Trinajstić information content (AvgIpc) is 3.34. The second kappa shape index (κ2) is 9.00. The Hall–Kier alpha value is -3.00. The first-order valence-electron chi connectivity index (χ1n) is 9.93. The van der Waals surface area contributed by atoms with Crippen molar-refractivity contribution >= 4 is 17.5 Å². The van der Waals surface area contributed by atoms with Crippen molar-refractivity contribution in [1.29, 1.82) is 0 Å². The van der Waals surface area contributed by atoms with Crippen LogP contribution in [-0.2, 0) is 16.1 Å². The van der Waals surface area contributed by atoms with Crippen molar-refractivity contribution in [3.05, 3.63) is 42.4 Å². The number of carbonyl (C=O) groups is 2. The lowest BCUT2D eigenvalue weighted by Crippen LogP contribution is -2.45. The van der Waals surface area contributed by atoms with Gasteiger partial charge < -0.3 is 24.5 Å². The maximum Gasteiger partial charge on any atom is 0.238 e. The highest BCUT2D eigenvalue weighted by atomic mass is 16.5. The van der Waals surface area contributed by atoms with E-state index in [1.807, 2.05) is 11.0 Å². The normalized spacial score (nSPS) is 18.8. The molecular formula is C21H25N3O5.